The second-order valence-electron chi connectivity index (χ2n) is 3.96. The molecule has 0 aliphatic heterocycles. The highest BCUT2D eigenvalue weighted by molar-refractivity contribution is 4.88. The van der Waals surface area contributed by atoms with Gasteiger partial charge in [-0.15, -0.1) is 0 Å². The van der Waals surface area contributed by atoms with Gasteiger partial charge in [-0.3, -0.25) is 0 Å². The van der Waals surface area contributed by atoms with Crippen LogP contribution in [0.1, 0.15) is 0 Å². The average Bonchev–Trinajstić information content (AvgIpc) is 2.62. The van der Waals surface area contributed by atoms with Crippen LogP contribution in [0.3, 0.4) is 0 Å². The van der Waals surface area contributed by atoms with E-state index in [1.807, 2.05) is 0 Å². The van der Waals surface area contributed by atoms with E-state index in [1.54, 1.807) is 12.2 Å². The summed E-state index contributed by atoms with van der Waals surface area (Å²) in [7, 11) is 0. The Bertz CT molecular complexity index is 653. The van der Waals surface area contributed by atoms with Crippen molar-refractivity contribution >= 4 is 0 Å². The number of hydrogen-bond acceptors (Lipinski definition) is 6. The number of rotatable bonds is 10. The summed E-state index contributed by atoms with van der Waals surface area (Å²) in [5, 5.41) is 0. The van der Waals surface area contributed by atoms with E-state index >= 15 is 0 Å². The summed E-state index contributed by atoms with van der Waals surface area (Å²) in [6.45, 7) is 16.5. The molecule has 0 unspecified atom stereocenters. The van der Waals surface area contributed by atoms with E-state index < -0.39 is 17.1 Å². The topological polar surface area (TPSA) is 93.7 Å². The molecule has 0 N–H and O–H groups in total. The van der Waals surface area contributed by atoms with Crippen LogP contribution in [0.2, 0.25) is 0 Å². The Balaban J connectivity index is 0.00000129. The molecule has 0 amide bonds. The molecule has 0 saturated carbocycles. The summed E-state index contributed by atoms with van der Waals surface area (Å²) in [5.74, 6) is 0. The van der Waals surface area contributed by atoms with Crippen LogP contribution in [0.4, 0.5) is 0 Å². The van der Waals surface area contributed by atoms with Gasteiger partial charge in [0.1, 0.15) is 19.8 Å². The van der Waals surface area contributed by atoms with Crippen molar-refractivity contribution < 1.29 is 14.5 Å². The maximum absolute atomic E-state index is 12.0. The second kappa shape index (κ2) is 12.0. The van der Waals surface area contributed by atoms with Crippen molar-refractivity contribution in [3.8, 4) is 0 Å². The van der Waals surface area contributed by atoms with Gasteiger partial charge < -0.3 is 14.5 Å². The molecule has 0 aliphatic rings. The second-order valence-corrected chi connectivity index (χ2v) is 3.96. The number of nitrogens with zero attached hydrogens (tertiary/aromatic N) is 3. The summed E-state index contributed by atoms with van der Waals surface area (Å²) in [4.78, 5) is 50.6. The van der Waals surface area contributed by atoms with Crippen molar-refractivity contribution in [2.45, 2.75) is 0 Å². The zero-order chi connectivity index (χ0) is 19.2. The van der Waals surface area contributed by atoms with Crippen LogP contribution in [0.15, 0.2) is 77.7 Å². The van der Waals surface area contributed by atoms with Crippen LogP contribution in [0.5, 0.6) is 0 Å². The summed E-state index contributed by atoms with van der Waals surface area (Å²) >= 11 is 0. The molecule has 1 rings (SSSR count). The van der Waals surface area contributed by atoms with Crippen LogP contribution in [0.25, 0.3) is 0 Å². The molecule has 1 aromatic rings. The Kier molecular flexibility index (Phi) is 10.3. The lowest BCUT2D eigenvalue weighted by molar-refractivity contribution is 0.00569. The van der Waals surface area contributed by atoms with Crippen molar-refractivity contribution in [1.82, 2.24) is 14.2 Å². The third-order valence-corrected chi connectivity index (χ3v) is 2.17. The summed E-state index contributed by atoms with van der Waals surface area (Å²) in [6.07, 6.45) is 7.24. The van der Waals surface area contributed by atoms with Crippen molar-refractivity contribution in [1.29, 1.82) is 0 Å². The molecular formula is C16H21N3O6. The van der Waals surface area contributed by atoms with Gasteiger partial charge >= 0.3 is 17.1 Å². The molecule has 0 fully saturated rings. The molecular weight excluding hydrogens is 330 g/mol. The average molecular weight is 351 g/mol. The first-order chi connectivity index (χ1) is 12.0. The molecule has 1 heterocycles. The lowest BCUT2D eigenvalue weighted by Crippen LogP contribution is -2.59. The smallest absolute Gasteiger partial charge is 0.401 e. The molecule has 0 aliphatic carbocycles. The number of allylic oxidation sites excluding steroid dienone is 2. The molecule has 0 radical (unpaired) electrons. The normalized spacial score (nSPS) is 8.96. The molecule has 9 heteroatoms. The van der Waals surface area contributed by atoms with Crippen molar-refractivity contribution in [2.24, 2.45) is 0 Å². The van der Waals surface area contributed by atoms with E-state index in [4.69, 9.17) is 14.5 Å². The highest BCUT2D eigenvalue weighted by Gasteiger charge is 2.18. The van der Waals surface area contributed by atoms with E-state index in [0.29, 0.717) is 14.2 Å². The first-order valence-corrected chi connectivity index (χ1v) is 6.97. The van der Waals surface area contributed by atoms with Crippen LogP contribution < -0.4 is 31.6 Å². The van der Waals surface area contributed by atoms with Gasteiger partial charge in [-0.25, -0.2) is 14.4 Å². The first-order valence-electron chi connectivity index (χ1n) is 6.97. The fraction of sp³-hybridized carbons (Fsp3) is 0.188. The molecule has 0 bridgehead atoms. The minimum absolute atomic E-state index is 0.129. The molecule has 0 atom stereocenters. The highest BCUT2D eigenvalue weighted by atomic mass is 16.7. The Labute approximate surface area is 144 Å². The Morgan fingerprint density at radius 3 is 1.00 bits per heavy atom. The lowest BCUT2D eigenvalue weighted by Gasteiger charge is -2.12. The highest BCUT2D eigenvalue weighted by Crippen LogP contribution is 1.72. The quantitative estimate of drug-likeness (QED) is 0.412. The van der Waals surface area contributed by atoms with Crippen molar-refractivity contribution in [3.05, 3.63) is 94.7 Å². The molecule has 9 nitrogen and oxygen atoms in total. The maximum Gasteiger partial charge on any atom is 0.403 e. The van der Waals surface area contributed by atoms with E-state index in [-0.39, 0.29) is 19.8 Å². The van der Waals surface area contributed by atoms with E-state index in [1.165, 1.54) is 18.2 Å². The fourth-order valence-corrected chi connectivity index (χ4v) is 1.21. The molecule has 0 spiro atoms. The van der Waals surface area contributed by atoms with E-state index in [0.717, 1.165) is 0 Å². The van der Waals surface area contributed by atoms with Gasteiger partial charge in [-0.05, 0) is 0 Å². The number of aromatic nitrogens is 3. The minimum atomic E-state index is -1.10. The van der Waals surface area contributed by atoms with Gasteiger partial charge in [0.05, 0.1) is 0 Å². The zero-order valence-corrected chi connectivity index (χ0v) is 13.8. The summed E-state index contributed by atoms with van der Waals surface area (Å²) in [5.41, 5.74) is -3.31. The van der Waals surface area contributed by atoms with Crippen LogP contribution in [0, 0.1) is 0 Å². The predicted octanol–water partition coefficient (Wildman–Crippen LogP) is -0.626. The van der Waals surface area contributed by atoms with Gasteiger partial charge in [0.15, 0.2) is 0 Å². The van der Waals surface area contributed by atoms with Gasteiger partial charge in [0.2, 0.25) is 0 Å². The van der Waals surface area contributed by atoms with Gasteiger partial charge in [-0.1, -0.05) is 77.5 Å². The van der Waals surface area contributed by atoms with E-state index in [9.17, 15) is 14.4 Å². The maximum atomic E-state index is 12.0. The Hall–Kier alpha value is -3.49. The predicted molar refractivity (Wildman–Crippen MR) is 94.5 cm³/mol. The van der Waals surface area contributed by atoms with E-state index in [2.05, 4.69) is 32.9 Å². The van der Waals surface area contributed by atoms with Gasteiger partial charge in [0, 0.05) is 0 Å². The van der Waals surface area contributed by atoms with Crippen molar-refractivity contribution in [2.75, 3.05) is 19.8 Å². The molecule has 25 heavy (non-hydrogen) atoms. The van der Waals surface area contributed by atoms with Gasteiger partial charge in [-0.2, -0.15) is 0 Å². The SMILES string of the molecule is C=CC=C.C=CCOn1c(=O)n(OCC=C)c(=O)n(OCC=C)c1=O. The Morgan fingerprint density at radius 2 is 0.840 bits per heavy atom. The first kappa shape index (κ1) is 21.5. The lowest BCUT2D eigenvalue weighted by atomic mass is 10.6. The Morgan fingerprint density at radius 1 is 0.600 bits per heavy atom. The monoisotopic (exact) mass is 351 g/mol. The third kappa shape index (κ3) is 6.26. The van der Waals surface area contributed by atoms with Crippen LogP contribution >= 0.6 is 0 Å². The van der Waals surface area contributed by atoms with Crippen molar-refractivity contribution in [3.63, 3.8) is 0 Å². The molecule has 0 saturated heterocycles. The van der Waals surface area contributed by atoms with Gasteiger partial charge in [0.25, 0.3) is 0 Å². The zero-order valence-electron chi connectivity index (χ0n) is 13.8. The summed E-state index contributed by atoms with van der Waals surface area (Å²) < 4.78 is 0.986. The van der Waals surface area contributed by atoms with Crippen LogP contribution in [-0.4, -0.2) is 34.0 Å². The minimum Gasteiger partial charge on any atom is -0.401 e. The fourth-order valence-electron chi connectivity index (χ4n) is 1.21. The molecule has 1 aromatic heterocycles. The molecule has 136 valence electrons. The standard InChI is InChI=1S/C12H15N3O6.C4H6/c1-4-7-19-13-10(16)14(20-8-5-2)12(18)15(11(13)17)21-9-6-3;1-3-4-2/h4-6H,1-3,7-9H2;3-4H,1-2H2. The largest absolute Gasteiger partial charge is 0.403 e. The number of hydrogen-bond donors (Lipinski definition) is 0. The summed E-state index contributed by atoms with van der Waals surface area (Å²) in [6, 6.07) is 0. The van der Waals surface area contributed by atoms with Crippen LogP contribution in [-0.2, 0) is 0 Å². The third-order valence-electron chi connectivity index (χ3n) is 2.17. The molecule has 0 aromatic carbocycles.